The average Bonchev–Trinajstić information content (AvgIpc) is 2.71. The van der Waals surface area contributed by atoms with Gasteiger partial charge in [-0.25, -0.2) is 4.79 Å². The first kappa shape index (κ1) is 16.5. The number of carboxylic acid groups (broad SMARTS) is 1. The van der Waals surface area contributed by atoms with Gasteiger partial charge in [-0.1, -0.05) is 19.8 Å². The quantitative estimate of drug-likeness (QED) is 0.870. The van der Waals surface area contributed by atoms with Crippen LogP contribution in [0.2, 0.25) is 0 Å². The van der Waals surface area contributed by atoms with E-state index in [1.807, 2.05) is 9.80 Å². The van der Waals surface area contributed by atoms with E-state index >= 15 is 0 Å². The van der Waals surface area contributed by atoms with Crippen LogP contribution in [0, 0.1) is 0 Å². The van der Waals surface area contributed by atoms with Gasteiger partial charge in [-0.2, -0.15) is 11.8 Å². The monoisotopic (exact) mass is 314 g/mol. The summed E-state index contributed by atoms with van der Waals surface area (Å²) in [6.07, 6.45) is 5.57. The van der Waals surface area contributed by atoms with Crippen molar-refractivity contribution in [1.82, 2.24) is 9.80 Å². The van der Waals surface area contributed by atoms with Crippen molar-refractivity contribution in [2.75, 3.05) is 24.6 Å². The van der Waals surface area contributed by atoms with Crippen molar-refractivity contribution in [3.8, 4) is 0 Å². The van der Waals surface area contributed by atoms with Gasteiger partial charge in [-0.3, -0.25) is 4.79 Å². The molecule has 2 atom stereocenters. The summed E-state index contributed by atoms with van der Waals surface area (Å²) in [5.41, 5.74) is 0. The Balaban J connectivity index is 2.08. The lowest BCUT2D eigenvalue weighted by Crippen LogP contribution is -2.54. The summed E-state index contributed by atoms with van der Waals surface area (Å²) >= 11 is 1.75. The summed E-state index contributed by atoms with van der Waals surface area (Å²) in [5.74, 6) is 0.832. The number of nitrogens with zero attached hydrogens (tertiary/aromatic N) is 2. The molecule has 2 fully saturated rings. The molecule has 0 saturated carbocycles. The van der Waals surface area contributed by atoms with Gasteiger partial charge < -0.3 is 14.9 Å². The molecule has 0 aliphatic carbocycles. The van der Waals surface area contributed by atoms with Crippen molar-refractivity contribution in [2.45, 2.75) is 57.5 Å². The summed E-state index contributed by atoms with van der Waals surface area (Å²) in [6.45, 7) is 3.63. The maximum atomic E-state index is 12.9. The molecule has 2 heterocycles. The first-order valence-electron chi connectivity index (χ1n) is 8.00. The van der Waals surface area contributed by atoms with Crippen LogP contribution in [0.3, 0.4) is 0 Å². The fourth-order valence-electron chi connectivity index (χ4n) is 3.30. The zero-order chi connectivity index (χ0) is 15.2. The van der Waals surface area contributed by atoms with Gasteiger partial charge in [0.15, 0.2) is 0 Å². The number of likely N-dealkylation sites (tertiary alicyclic amines) is 1. The Morgan fingerprint density at radius 3 is 2.62 bits per heavy atom. The van der Waals surface area contributed by atoms with E-state index in [9.17, 15) is 9.59 Å². The zero-order valence-corrected chi connectivity index (χ0v) is 13.6. The first-order chi connectivity index (χ1) is 10.1. The molecule has 0 aromatic rings. The number of hydrogen-bond acceptors (Lipinski definition) is 3. The third-order valence-electron chi connectivity index (χ3n) is 4.48. The van der Waals surface area contributed by atoms with Gasteiger partial charge in [0, 0.05) is 30.6 Å². The molecule has 6 heteroatoms. The van der Waals surface area contributed by atoms with Gasteiger partial charge in [0.05, 0.1) is 12.5 Å². The number of aliphatic carboxylic acids is 1. The molecule has 0 spiro atoms. The maximum Gasteiger partial charge on any atom is 0.320 e. The Kier molecular flexibility index (Phi) is 6.21. The van der Waals surface area contributed by atoms with Crippen LogP contribution in [-0.4, -0.2) is 63.6 Å². The zero-order valence-electron chi connectivity index (χ0n) is 12.8. The lowest BCUT2D eigenvalue weighted by atomic mass is 10.1. The van der Waals surface area contributed by atoms with Gasteiger partial charge >= 0.3 is 12.0 Å². The van der Waals surface area contributed by atoms with E-state index in [4.69, 9.17) is 5.11 Å². The fourth-order valence-corrected chi connectivity index (χ4v) is 4.36. The molecule has 2 aliphatic rings. The van der Waals surface area contributed by atoms with Crippen molar-refractivity contribution < 1.29 is 14.7 Å². The van der Waals surface area contributed by atoms with Gasteiger partial charge in [0.25, 0.3) is 0 Å². The molecule has 2 saturated heterocycles. The van der Waals surface area contributed by atoms with Crippen LogP contribution >= 0.6 is 11.8 Å². The topological polar surface area (TPSA) is 60.9 Å². The summed E-state index contributed by atoms with van der Waals surface area (Å²) < 4.78 is 0. The third-order valence-corrected chi connectivity index (χ3v) is 5.57. The van der Waals surface area contributed by atoms with E-state index in [1.54, 1.807) is 11.8 Å². The molecule has 5 nitrogen and oxygen atoms in total. The Morgan fingerprint density at radius 2 is 1.90 bits per heavy atom. The van der Waals surface area contributed by atoms with E-state index in [0.29, 0.717) is 12.6 Å². The highest BCUT2D eigenvalue weighted by Gasteiger charge is 2.34. The van der Waals surface area contributed by atoms with Gasteiger partial charge in [0.2, 0.25) is 0 Å². The maximum absolute atomic E-state index is 12.9. The highest BCUT2D eigenvalue weighted by molar-refractivity contribution is 7.99. The summed E-state index contributed by atoms with van der Waals surface area (Å²) in [4.78, 5) is 27.8. The van der Waals surface area contributed by atoms with Crippen LogP contribution in [0.15, 0.2) is 0 Å². The predicted molar refractivity (Wildman–Crippen MR) is 84.7 cm³/mol. The van der Waals surface area contributed by atoms with Crippen LogP contribution in [0.5, 0.6) is 0 Å². The average molecular weight is 314 g/mol. The van der Waals surface area contributed by atoms with Crippen LogP contribution in [0.25, 0.3) is 0 Å². The van der Waals surface area contributed by atoms with Crippen LogP contribution in [-0.2, 0) is 4.79 Å². The van der Waals surface area contributed by atoms with Crippen molar-refractivity contribution in [1.29, 1.82) is 0 Å². The van der Waals surface area contributed by atoms with Crippen LogP contribution in [0.4, 0.5) is 4.79 Å². The highest BCUT2D eigenvalue weighted by atomic mass is 32.2. The number of rotatable bonds is 3. The predicted octanol–water partition coefficient (Wildman–Crippen LogP) is 2.65. The number of carbonyl (C=O) groups excluding carboxylic acids is 1. The SMILES string of the molecule is CCC1CCCCCN1C(=O)N1CCSCC1CC(=O)O. The molecular weight excluding hydrogens is 288 g/mol. The van der Waals surface area contributed by atoms with E-state index in [2.05, 4.69) is 6.92 Å². The summed E-state index contributed by atoms with van der Waals surface area (Å²) in [6, 6.07) is 0.227. The molecule has 2 unspecified atom stereocenters. The van der Waals surface area contributed by atoms with Gasteiger partial charge in [-0.15, -0.1) is 0 Å². The minimum atomic E-state index is -0.816. The number of urea groups is 1. The van der Waals surface area contributed by atoms with Crippen molar-refractivity contribution in [2.24, 2.45) is 0 Å². The summed E-state index contributed by atoms with van der Waals surface area (Å²) in [5, 5.41) is 9.06. The standard InChI is InChI=1S/C15H26N2O3S/c1-2-12-6-4-3-5-7-16(12)15(20)17-8-9-21-11-13(17)10-14(18)19/h12-13H,2-11H2,1H3,(H,18,19). The second-order valence-corrected chi connectivity index (χ2v) is 7.06. The molecule has 21 heavy (non-hydrogen) atoms. The molecule has 0 bridgehead atoms. The molecular formula is C15H26N2O3S. The molecule has 2 rings (SSSR count). The lowest BCUT2D eigenvalue weighted by Gasteiger charge is -2.40. The fraction of sp³-hybridized carbons (Fsp3) is 0.867. The van der Waals surface area contributed by atoms with E-state index in [1.165, 1.54) is 12.8 Å². The van der Waals surface area contributed by atoms with E-state index in [-0.39, 0.29) is 18.5 Å². The number of carboxylic acids is 1. The Hall–Kier alpha value is -0.910. The Morgan fingerprint density at radius 1 is 1.14 bits per heavy atom. The van der Waals surface area contributed by atoms with Crippen LogP contribution < -0.4 is 0 Å². The Bertz CT molecular complexity index is 378. The van der Waals surface area contributed by atoms with Crippen LogP contribution in [0.1, 0.15) is 45.4 Å². The van der Waals surface area contributed by atoms with E-state index < -0.39 is 5.97 Å². The van der Waals surface area contributed by atoms with Gasteiger partial charge in [-0.05, 0) is 19.3 Å². The normalized spacial score (nSPS) is 27.3. The molecule has 120 valence electrons. The largest absolute Gasteiger partial charge is 0.481 e. The molecule has 2 amide bonds. The summed E-state index contributed by atoms with van der Waals surface area (Å²) in [7, 11) is 0. The second kappa shape index (κ2) is 7.92. The second-order valence-electron chi connectivity index (χ2n) is 5.91. The number of amides is 2. The number of hydrogen-bond donors (Lipinski definition) is 1. The van der Waals surface area contributed by atoms with Gasteiger partial charge in [0.1, 0.15) is 0 Å². The Labute approximate surface area is 131 Å². The van der Waals surface area contributed by atoms with E-state index in [0.717, 1.165) is 37.3 Å². The molecule has 2 aliphatic heterocycles. The first-order valence-corrected chi connectivity index (χ1v) is 9.15. The molecule has 0 aromatic heterocycles. The van der Waals surface area contributed by atoms with Crippen molar-refractivity contribution in [3.05, 3.63) is 0 Å². The van der Waals surface area contributed by atoms with Crippen molar-refractivity contribution in [3.63, 3.8) is 0 Å². The minimum Gasteiger partial charge on any atom is -0.481 e. The highest BCUT2D eigenvalue weighted by Crippen LogP contribution is 2.25. The molecule has 0 radical (unpaired) electrons. The smallest absolute Gasteiger partial charge is 0.320 e. The molecule has 0 aromatic carbocycles. The third kappa shape index (κ3) is 4.28. The lowest BCUT2D eigenvalue weighted by molar-refractivity contribution is -0.138. The number of carbonyl (C=O) groups is 2. The van der Waals surface area contributed by atoms with Crippen molar-refractivity contribution >= 4 is 23.8 Å². The number of thioether (sulfide) groups is 1. The minimum absolute atomic E-state index is 0.0589. The molecule has 1 N–H and O–H groups in total.